The first-order chi connectivity index (χ1) is 9.74. The average molecular weight is 279 g/mol. The lowest BCUT2D eigenvalue weighted by atomic mass is 9.84. The SMILES string of the molecule is C=CN1CCC(C(CC)CCCCCCCCC)C1=O. The highest BCUT2D eigenvalue weighted by molar-refractivity contribution is 5.82. The molecule has 0 aromatic heterocycles. The fourth-order valence-corrected chi connectivity index (χ4v) is 3.40. The molecule has 1 aliphatic rings. The van der Waals surface area contributed by atoms with Crippen LogP contribution >= 0.6 is 0 Å². The molecule has 116 valence electrons. The van der Waals surface area contributed by atoms with Crippen molar-refractivity contribution in [2.45, 2.75) is 78.1 Å². The van der Waals surface area contributed by atoms with E-state index in [2.05, 4.69) is 20.4 Å². The quantitative estimate of drug-likeness (QED) is 0.479. The Labute approximate surface area is 125 Å². The molecule has 20 heavy (non-hydrogen) atoms. The van der Waals surface area contributed by atoms with Crippen LogP contribution in [-0.4, -0.2) is 17.4 Å². The summed E-state index contributed by atoms with van der Waals surface area (Å²) in [7, 11) is 0. The van der Waals surface area contributed by atoms with Crippen molar-refractivity contribution in [1.29, 1.82) is 0 Å². The van der Waals surface area contributed by atoms with E-state index in [-0.39, 0.29) is 5.92 Å². The van der Waals surface area contributed by atoms with Crippen LogP contribution in [0.15, 0.2) is 12.8 Å². The molecule has 2 nitrogen and oxygen atoms in total. The molecule has 0 aromatic rings. The summed E-state index contributed by atoms with van der Waals surface area (Å²) >= 11 is 0. The van der Waals surface area contributed by atoms with Gasteiger partial charge in [0.05, 0.1) is 0 Å². The smallest absolute Gasteiger partial charge is 0.229 e. The zero-order chi connectivity index (χ0) is 14.8. The van der Waals surface area contributed by atoms with Crippen molar-refractivity contribution in [1.82, 2.24) is 4.90 Å². The largest absolute Gasteiger partial charge is 0.319 e. The Hall–Kier alpha value is -0.790. The molecule has 2 heteroatoms. The van der Waals surface area contributed by atoms with Gasteiger partial charge in [-0.2, -0.15) is 0 Å². The van der Waals surface area contributed by atoms with Crippen LogP contribution in [0.1, 0.15) is 78.1 Å². The van der Waals surface area contributed by atoms with E-state index in [9.17, 15) is 4.79 Å². The molecular formula is C18H33NO. The van der Waals surface area contributed by atoms with Crippen molar-refractivity contribution in [2.75, 3.05) is 6.54 Å². The van der Waals surface area contributed by atoms with Gasteiger partial charge in [-0.15, -0.1) is 0 Å². The summed E-state index contributed by atoms with van der Waals surface area (Å²) in [5.41, 5.74) is 0. The summed E-state index contributed by atoms with van der Waals surface area (Å²) < 4.78 is 0. The molecule has 2 atom stereocenters. The van der Waals surface area contributed by atoms with E-state index in [0.717, 1.165) is 19.4 Å². The molecule has 1 rings (SSSR count). The maximum absolute atomic E-state index is 12.2. The lowest BCUT2D eigenvalue weighted by molar-refractivity contribution is -0.130. The number of carbonyl (C=O) groups is 1. The first-order valence-electron chi connectivity index (χ1n) is 8.67. The minimum atomic E-state index is 0.262. The molecule has 2 unspecified atom stereocenters. The normalized spacial score (nSPS) is 20.4. The van der Waals surface area contributed by atoms with Gasteiger partial charge in [-0.05, 0) is 25.0 Å². The topological polar surface area (TPSA) is 20.3 Å². The first-order valence-corrected chi connectivity index (χ1v) is 8.67. The summed E-state index contributed by atoms with van der Waals surface area (Å²) in [4.78, 5) is 14.0. The number of likely N-dealkylation sites (tertiary alicyclic amines) is 1. The van der Waals surface area contributed by atoms with Crippen molar-refractivity contribution in [3.8, 4) is 0 Å². The third-order valence-corrected chi connectivity index (χ3v) is 4.77. The van der Waals surface area contributed by atoms with Crippen LogP contribution in [0.5, 0.6) is 0 Å². The van der Waals surface area contributed by atoms with Gasteiger partial charge in [-0.3, -0.25) is 4.79 Å². The molecule has 1 amide bonds. The first kappa shape index (κ1) is 17.3. The Morgan fingerprint density at radius 2 is 1.85 bits per heavy atom. The van der Waals surface area contributed by atoms with E-state index in [1.807, 2.05) is 0 Å². The highest BCUT2D eigenvalue weighted by Crippen LogP contribution is 2.31. The lowest BCUT2D eigenvalue weighted by Crippen LogP contribution is -2.26. The Balaban J connectivity index is 2.20. The molecule has 1 saturated heterocycles. The molecule has 0 saturated carbocycles. The molecule has 0 radical (unpaired) electrons. The van der Waals surface area contributed by atoms with Crippen LogP contribution in [0.4, 0.5) is 0 Å². The van der Waals surface area contributed by atoms with E-state index in [0.29, 0.717) is 11.8 Å². The summed E-state index contributed by atoms with van der Waals surface area (Å²) in [6.07, 6.45) is 14.6. The zero-order valence-corrected chi connectivity index (χ0v) is 13.6. The minimum Gasteiger partial charge on any atom is -0.319 e. The molecule has 1 heterocycles. The van der Waals surface area contributed by atoms with Gasteiger partial charge in [0, 0.05) is 12.5 Å². The molecular weight excluding hydrogens is 246 g/mol. The van der Waals surface area contributed by atoms with E-state index >= 15 is 0 Å². The number of carbonyl (C=O) groups excluding carboxylic acids is 1. The summed E-state index contributed by atoms with van der Waals surface area (Å²) in [5.74, 6) is 1.16. The molecule has 0 N–H and O–H groups in total. The van der Waals surface area contributed by atoms with Gasteiger partial charge in [0.25, 0.3) is 0 Å². The number of hydrogen-bond acceptors (Lipinski definition) is 1. The molecule has 1 fully saturated rings. The van der Waals surface area contributed by atoms with Crippen molar-refractivity contribution in [2.24, 2.45) is 11.8 Å². The monoisotopic (exact) mass is 279 g/mol. The Kier molecular flexibility index (Phi) is 8.64. The number of rotatable bonds is 11. The zero-order valence-electron chi connectivity index (χ0n) is 13.6. The van der Waals surface area contributed by atoms with Crippen LogP contribution in [0.3, 0.4) is 0 Å². The molecule has 1 aliphatic heterocycles. The van der Waals surface area contributed by atoms with Gasteiger partial charge in [0.2, 0.25) is 5.91 Å². The van der Waals surface area contributed by atoms with Gasteiger partial charge in [0.15, 0.2) is 0 Å². The average Bonchev–Trinajstić information content (AvgIpc) is 2.83. The molecule has 0 bridgehead atoms. The third kappa shape index (κ3) is 5.30. The van der Waals surface area contributed by atoms with E-state index in [4.69, 9.17) is 0 Å². The molecule has 0 aliphatic carbocycles. The van der Waals surface area contributed by atoms with Crippen molar-refractivity contribution >= 4 is 5.91 Å². The van der Waals surface area contributed by atoms with Crippen LogP contribution in [-0.2, 0) is 4.79 Å². The fourth-order valence-electron chi connectivity index (χ4n) is 3.40. The van der Waals surface area contributed by atoms with E-state index in [1.54, 1.807) is 11.1 Å². The second kappa shape index (κ2) is 10.0. The number of amides is 1. The van der Waals surface area contributed by atoms with Gasteiger partial charge in [0.1, 0.15) is 0 Å². The Morgan fingerprint density at radius 3 is 2.40 bits per heavy atom. The third-order valence-electron chi connectivity index (χ3n) is 4.77. The van der Waals surface area contributed by atoms with E-state index in [1.165, 1.54) is 51.4 Å². The Morgan fingerprint density at radius 1 is 1.20 bits per heavy atom. The second-order valence-corrected chi connectivity index (χ2v) is 6.19. The van der Waals surface area contributed by atoms with E-state index < -0.39 is 0 Å². The van der Waals surface area contributed by atoms with Gasteiger partial charge < -0.3 is 4.90 Å². The van der Waals surface area contributed by atoms with Crippen molar-refractivity contribution in [3.63, 3.8) is 0 Å². The molecule has 0 aromatic carbocycles. The standard InChI is InChI=1S/C18H33NO/c1-4-7-8-9-10-11-12-13-16(5-2)17-14-15-19(6-3)18(17)20/h6,16-17H,3-5,7-15H2,1-2H3. The van der Waals surface area contributed by atoms with Crippen LogP contribution < -0.4 is 0 Å². The van der Waals surface area contributed by atoms with Gasteiger partial charge in [-0.25, -0.2) is 0 Å². The number of nitrogens with zero attached hydrogens (tertiary/aromatic N) is 1. The van der Waals surface area contributed by atoms with Crippen LogP contribution in [0.25, 0.3) is 0 Å². The van der Waals surface area contributed by atoms with Crippen LogP contribution in [0, 0.1) is 11.8 Å². The second-order valence-electron chi connectivity index (χ2n) is 6.19. The number of hydrogen-bond donors (Lipinski definition) is 0. The van der Waals surface area contributed by atoms with Crippen molar-refractivity contribution in [3.05, 3.63) is 12.8 Å². The minimum absolute atomic E-state index is 0.262. The molecule has 0 spiro atoms. The summed E-state index contributed by atoms with van der Waals surface area (Å²) in [5, 5.41) is 0. The van der Waals surface area contributed by atoms with Crippen molar-refractivity contribution < 1.29 is 4.79 Å². The van der Waals surface area contributed by atoms with Crippen LogP contribution in [0.2, 0.25) is 0 Å². The maximum Gasteiger partial charge on any atom is 0.229 e. The Bertz CT molecular complexity index is 287. The lowest BCUT2D eigenvalue weighted by Gasteiger charge is -2.21. The highest BCUT2D eigenvalue weighted by Gasteiger charge is 2.34. The fraction of sp³-hybridized carbons (Fsp3) is 0.833. The predicted octanol–water partition coefficient (Wildman–Crippen LogP) is 5.15. The highest BCUT2D eigenvalue weighted by atomic mass is 16.2. The summed E-state index contributed by atoms with van der Waals surface area (Å²) in [6.45, 7) is 9.10. The maximum atomic E-state index is 12.2. The predicted molar refractivity (Wildman–Crippen MR) is 86.4 cm³/mol. The summed E-state index contributed by atoms with van der Waals surface area (Å²) in [6, 6.07) is 0. The van der Waals surface area contributed by atoms with Gasteiger partial charge >= 0.3 is 0 Å². The van der Waals surface area contributed by atoms with Gasteiger partial charge in [-0.1, -0.05) is 71.8 Å². The number of unbranched alkanes of at least 4 members (excludes halogenated alkanes) is 6.